The van der Waals surface area contributed by atoms with Gasteiger partial charge in [-0.25, -0.2) is 4.98 Å². The summed E-state index contributed by atoms with van der Waals surface area (Å²) in [6.45, 7) is 4.68. The van der Waals surface area contributed by atoms with Gasteiger partial charge in [0.05, 0.1) is 22.8 Å². The average molecular weight is 398 g/mol. The fourth-order valence-corrected chi connectivity index (χ4v) is 4.03. The molecule has 6 nitrogen and oxygen atoms in total. The molecule has 2 aromatic carbocycles. The van der Waals surface area contributed by atoms with Crippen molar-refractivity contribution < 1.29 is 14.3 Å². The minimum atomic E-state index is 0.101. The van der Waals surface area contributed by atoms with Gasteiger partial charge >= 0.3 is 0 Å². The first-order chi connectivity index (χ1) is 13.7. The molecule has 4 rings (SSSR count). The Kier molecular flexibility index (Phi) is 5.73. The predicted octanol–water partition coefficient (Wildman–Crippen LogP) is 3.14. The van der Waals surface area contributed by atoms with Crippen molar-refractivity contribution in [2.75, 3.05) is 46.4 Å². The first kappa shape index (κ1) is 18.7. The summed E-state index contributed by atoms with van der Waals surface area (Å²) < 4.78 is 12.0. The number of nitrogens with zero attached hydrogens (tertiary/aromatic N) is 3. The highest BCUT2D eigenvalue weighted by atomic mass is 32.1. The molecular formula is C21H23N3O3S. The summed E-state index contributed by atoms with van der Waals surface area (Å²) in [5, 5.41) is 0. The van der Waals surface area contributed by atoms with Gasteiger partial charge in [-0.15, -0.1) is 11.3 Å². The number of thiazole rings is 1. The quantitative estimate of drug-likeness (QED) is 0.640. The molecule has 0 bridgehead atoms. The van der Waals surface area contributed by atoms with Crippen LogP contribution in [0, 0.1) is 0 Å². The zero-order valence-electron chi connectivity index (χ0n) is 15.8. The van der Waals surface area contributed by atoms with Crippen molar-refractivity contribution in [3.63, 3.8) is 0 Å². The lowest BCUT2D eigenvalue weighted by molar-refractivity contribution is 0.0620. The van der Waals surface area contributed by atoms with E-state index in [1.54, 1.807) is 18.4 Å². The van der Waals surface area contributed by atoms with Crippen molar-refractivity contribution in [2.24, 2.45) is 0 Å². The van der Waals surface area contributed by atoms with Gasteiger partial charge in [0.1, 0.15) is 18.1 Å². The number of rotatable bonds is 6. The maximum atomic E-state index is 12.8. The number of carbonyl (C=O) groups excluding carboxylic acids is 1. The molecule has 2 heterocycles. The van der Waals surface area contributed by atoms with E-state index in [-0.39, 0.29) is 5.91 Å². The number of methoxy groups -OCH3 is 1. The van der Waals surface area contributed by atoms with Crippen molar-refractivity contribution in [3.8, 4) is 11.5 Å². The molecule has 3 aromatic rings. The summed E-state index contributed by atoms with van der Waals surface area (Å²) in [4.78, 5) is 21.3. The van der Waals surface area contributed by atoms with Crippen molar-refractivity contribution in [1.29, 1.82) is 0 Å². The normalized spacial score (nSPS) is 15.0. The fraction of sp³-hybridized carbons (Fsp3) is 0.333. The maximum absolute atomic E-state index is 12.8. The van der Waals surface area contributed by atoms with Gasteiger partial charge in [-0.1, -0.05) is 0 Å². The van der Waals surface area contributed by atoms with Gasteiger partial charge in [-0.2, -0.15) is 0 Å². The van der Waals surface area contributed by atoms with Crippen LogP contribution < -0.4 is 9.47 Å². The number of carbonyl (C=O) groups is 1. The lowest BCUT2D eigenvalue weighted by Gasteiger charge is -2.34. The van der Waals surface area contributed by atoms with Crippen LogP contribution in [0.3, 0.4) is 0 Å². The molecule has 7 heteroatoms. The van der Waals surface area contributed by atoms with Crippen LogP contribution in [-0.4, -0.2) is 67.1 Å². The second-order valence-electron chi connectivity index (χ2n) is 6.69. The summed E-state index contributed by atoms with van der Waals surface area (Å²) in [6, 6.07) is 13.4. The van der Waals surface area contributed by atoms with Crippen molar-refractivity contribution >= 4 is 27.5 Å². The standard InChI is InChI=1S/C21H23N3O3S/c1-26-17-3-5-18(6-4-17)27-13-12-23-8-10-24(11-9-23)21(25)16-2-7-19-20(14-16)28-15-22-19/h2-7,14-15H,8-13H2,1H3. The lowest BCUT2D eigenvalue weighted by Crippen LogP contribution is -2.49. The second-order valence-corrected chi connectivity index (χ2v) is 7.58. The van der Waals surface area contributed by atoms with Gasteiger partial charge < -0.3 is 14.4 Å². The van der Waals surface area contributed by atoms with E-state index in [1.807, 2.05) is 52.9 Å². The Morgan fingerprint density at radius 2 is 1.82 bits per heavy atom. The molecular weight excluding hydrogens is 374 g/mol. The van der Waals surface area contributed by atoms with Gasteiger partial charge in [0.25, 0.3) is 5.91 Å². The number of amides is 1. The lowest BCUT2D eigenvalue weighted by atomic mass is 10.1. The number of fused-ring (bicyclic) bond motifs is 1. The Labute approximate surface area is 168 Å². The average Bonchev–Trinajstić information content (AvgIpc) is 3.22. The molecule has 0 saturated carbocycles. The number of aromatic nitrogens is 1. The van der Waals surface area contributed by atoms with Crippen LogP contribution in [0.1, 0.15) is 10.4 Å². The predicted molar refractivity (Wildman–Crippen MR) is 110 cm³/mol. The van der Waals surface area contributed by atoms with Gasteiger partial charge in [0, 0.05) is 38.3 Å². The van der Waals surface area contributed by atoms with Crippen LogP contribution in [0.5, 0.6) is 11.5 Å². The van der Waals surface area contributed by atoms with E-state index in [4.69, 9.17) is 9.47 Å². The largest absolute Gasteiger partial charge is 0.497 e. The van der Waals surface area contributed by atoms with Crippen molar-refractivity contribution in [3.05, 3.63) is 53.5 Å². The monoisotopic (exact) mass is 397 g/mol. The number of ether oxygens (including phenoxy) is 2. The molecule has 0 radical (unpaired) electrons. The van der Waals surface area contributed by atoms with E-state index in [0.717, 1.165) is 60.0 Å². The molecule has 1 aromatic heterocycles. The summed E-state index contributed by atoms with van der Waals surface area (Å²) in [6.07, 6.45) is 0. The molecule has 1 amide bonds. The van der Waals surface area contributed by atoms with Crippen molar-refractivity contribution in [1.82, 2.24) is 14.8 Å². The summed E-state index contributed by atoms with van der Waals surface area (Å²) in [5.74, 6) is 1.76. The molecule has 1 aliphatic rings. The minimum Gasteiger partial charge on any atom is -0.497 e. The number of hydrogen-bond donors (Lipinski definition) is 0. The van der Waals surface area contributed by atoms with E-state index < -0.39 is 0 Å². The third-order valence-corrected chi connectivity index (χ3v) is 5.77. The maximum Gasteiger partial charge on any atom is 0.253 e. The van der Waals surface area contributed by atoms with E-state index in [9.17, 15) is 4.79 Å². The third-order valence-electron chi connectivity index (χ3n) is 4.97. The van der Waals surface area contributed by atoms with E-state index >= 15 is 0 Å². The zero-order chi connectivity index (χ0) is 19.3. The summed E-state index contributed by atoms with van der Waals surface area (Å²) in [5.41, 5.74) is 3.50. The molecule has 0 spiro atoms. The smallest absolute Gasteiger partial charge is 0.253 e. The molecule has 1 aliphatic heterocycles. The Bertz CT molecular complexity index is 933. The molecule has 146 valence electrons. The highest BCUT2D eigenvalue weighted by Gasteiger charge is 2.22. The van der Waals surface area contributed by atoms with Crippen LogP contribution >= 0.6 is 11.3 Å². The van der Waals surface area contributed by atoms with Gasteiger partial charge in [0.2, 0.25) is 0 Å². The molecule has 1 fully saturated rings. The number of hydrogen-bond acceptors (Lipinski definition) is 6. The van der Waals surface area contributed by atoms with E-state index in [2.05, 4.69) is 9.88 Å². The Hall–Kier alpha value is -2.64. The molecule has 0 atom stereocenters. The summed E-state index contributed by atoms with van der Waals surface area (Å²) in [7, 11) is 1.65. The minimum absolute atomic E-state index is 0.101. The van der Waals surface area contributed by atoms with Gasteiger partial charge in [0.15, 0.2) is 0 Å². The first-order valence-electron chi connectivity index (χ1n) is 9.35. The fourth-order valence-electron chi connectivity index (χ4n) is 3.31. The Balaban J connectivity index is 1.24. The molecule has 0 aliphatic carbocycles. The van der Waals surface area contributed by atoms with Crippen LogP contribution in [0.15, 0.2) is 48.0 Å². The topological polar surface area (TPSA) is 54.9 Å². The second kappa shape index (κ2) is 8.58. The van der Waals surface area contributed by atoms with Crippen LogP contribution in [0.25, 0.3) is 10.2 Å². The molecule has 0 unspecified atom stereocenters. The van der Waals surface area contributed by atoms with Gasteiger partial charge in [-0.05, 0) is 42.5 Å². The Morgan fingerprint density at radius 3 is 2.57 bits per heavy atom. The zero-order valence-corrected chi connectivity index (χ0v) is 16.7. The van der Waals surface area contributed by atoms with E-state index in [1.165, 1.54) is 0 Å². The first-order valence-corrected chi connectivity index (χ1v) is 10.2. The number of benzene rings is 2. The van der Waals surface area contributed by atoms with Gasteiger partial charge in [-0.3, -0.25) is 9.69 Å². The molecule has 1 saturated heterocycles. The number of piperazine rings is 1. The highest BCUT2D eigenvalue weighted by molar-refractivity contribution is 7.16. The molecule has 0 N–H and O–H groups in total. The van der Waals surface area contributed by atoms with Crippen LogP contribution in [0.4, 0.5) is 0 Å². The Morgan fingerprint density at radius 1 is 1.07 bits per heavy atom. The summed E-state index contributed by atoms with van der Waals surface area (Å²) >= 11 is 1.56. The third kappa shape index (κ3) is 4.26. The van der Waals surface area contributed by atoms with Crippen LogP contribution in [0.2, 0.25) is 0 Å². The SMILES string of the molecule is COc1ccc(OCCN2CCN(C(=O)c3ccc4ncsc4c3)CC2)cc1. The van der Waals surface area contributed by atoms with Crippen molar-refractivity contribution in [2.45, 2.75) is 0 Å². The highest BCUT2D eigenvalue weighted by Crippen LogP contribution is 2.20. The van der Waals surface area contributed by atoms with E-state index in [0.29, 0.717) is 6.61 Å². The molecule has 28 heavy (non-hydrogen) atoms. The van der Waals surface area contributed by atoms with Crippen LogP contribution in [-0.2, 0) is 0 Å².